The first-order valence-corrected chi connectivity index (χ1v) is 7.44. The van der Waals surface area contributed by atoms with Crippen LogP contribution in [0.3, 0.4) is 0 Å². The lowest BCUT2D eigenvalue weighted by molar-refractivity contribution is -0.117. The van der Waals surface area contributed by atoms with Crippen LogP contribution in [-0.4, -0.2) is 42.3 Å². The molecule has 1 amide bonds. The number of sulfone groups is 1. The minimum Gasteiger partial charge on any atom is -0.320 e. The van der Waals surface area contributed by atoms with Gasteiger partial charge in [0.05, 0.1) is 11.8 Å². The molecule has 1 aromatic heterocycles. The monoisotopic (exact) mass is 292 g/mol. The van der Waals surface area contributed by atoms with E-state index in [-0.39, 0.29) is 23.3 Å². The van der Waals surface area contributed by atoms with Gasteiger partial charge in [0, 0.05) is 12.5 Å². The largest absolute Gasteiger partial charge is 0.320 e. The fourth-order valence-corrected chi connectivity index (χ4v) is 1.93. The Morgan fingerprint density at radius 1 is 1.61 bits per heavy atom. The second-order valence-corrected chi connectivity index (χ2v) is 6.32. The second-order valence-electron chi connectivity index (χ2n) is 3.73. The first kappa shape index (κ1) is 14.8. The summed E-state index contributed by atoms with van der Waals surface area (Å²) in [6.07, 6.45) is 2.51. The van der Waals surface area contributed by atoms with Crippen molar-refractivity contribution in [1.82, 2.24) is 9.97 Å². The van der Waals surface area contributed by atoms with Crippen LogP contribution in [0.15, 0.2) is 12.3 Å². The molecule has 1 unspecified atom stereocenters. The zero-order valence-electron chi connectivity index (χ0n) is 9.63. The molecule has 100 valence electrons. The third-order valence-electron chi connectivity index (χ3n) is 2.01. The highest BCUT2D eigenvalue weighted by atomic mass is 35.5. The summed E-state index contributed by atoms with van der Waals surface area (Å²) in [6.45, 7) is 0. The van der Waals surface area contributed by atoms with Gasteiger partial charge in [-0.1, -0.05) is 0 Å². The van der Waals surface area contributed by atoms with Gasteiger partial charge in [-0.15, -0.1) is 0 Å². The quantitative estimate of drug-likeness (QED) is 0.728. The molecule has 9 heteroatoms. The van der Waals surface area contributed by atoms with Crippen LogP contribution in [0.5, 0.6) is 0 Å². The Labute approximate surface area is 110 Å². The topological polar surface area (TPSA) is 115 Å². The fourth-order valence-electron chi connectivity index (χ4n) is 1.10. The number of hydrogen-bond donors (Lipinski definition) is 2. The summed E-state index contributed by atoms with van der Waals surface area (Å²) in [5, 5.41) is 2.42. The lowest BCUT2D eigenvalue weighted by atomic mass is 10.2. The minimum atomic E-state index is -3.14. The van der Waals surface area contributed by atoms with Crippen molar-refractivity contribution < 1.29 is 13.2 Å². The van der Waals surface area contributed by atoms with E-state index in [1.807, 2.05) is 0 Å². The van der Waals surface area contributed by atoms with Crippen LogP contribution >= 0.6 is 11.6 Å². The van der Waals surface area contributed by atoms with Crippen LogP contribution in [0.25, 0.3) is 0 Å². The Bertz CT molecular complexity index is 534. The van der Waals surface area contributed by atoms with Crippen molar-refractivity contribution >= 4 is 33.2 Å². The van der Waals surface area contributed by atoms with Crippen molar-refractivity contribution in [3.8, 4) is 0 Å². The third-order valence-corrected chi connectivity index (χ3v) is 3.17. The lowest BCUT2D eigenvalue weighted by Crippen LogP contribution is -2.37. The summed E-state index contributed by atoms with van der Waals surface area (Å²) in [4.78, 5) is 19.0. The van der Waals surface area contributed by atoms with E-state index < -0.39 is 21.8 Å². The summed E-state index contributed by atoms with van der Waals surface area (Å²) < 4.78 is 21.9. The average molecular weight is 293 g/mol. The Balaban J connectivity index is 2.55. The van der Waals surface area contributed by atoms with Gasteiger partial charge in [-0.3, -0.25) is 4.79 Å². The van der Waals surface area contributed by atoms with Gasteiger partial charge in [-0.2, -0.15) is 0 Å². The zero-order valence-corrected chi connectivity index (χ0v) is 11.2. The first-order valence-electron chi connectivity index (χ1n) is 5.00. The van der Waals surface area contributed by atoms with Gasteiger partial charge in [0.15, 0.2) is 0 Å². The van der Waals surface area contributed by atoms with Crippen molar-refractivity contribution in [1.29, 1.82) is 0 Å². The van der Waals surface area contributed by atoms with Crippen molar-refractivity contribution in [2.45, 2.75) is 12.5 Å². The normalized spacial score (nSPS) is 13.1. The van der Waals surface area contributed by atoms with Crippen LogP contribution in [-0.2, 0) is 14.6 Å². The van der Waals surface area contributed by atoms with Gasteiger partial charge in [0.25, 0.3) is 0 Å². The highest BCUT2D eigenvalue weighted by molar-refractivity contribution is 7.90. The smallest absolute Gasteiger partial charge is 0.242 e. The SMILES string of the molecule is CS(=O)(=O)CCC(N)C(=O)Nc1ccnc(Cl)n1. The van der Waals surface area contributed by atoms with Gasteiger partial charge < -0.3 is 11.1 Å². The predicted molar refractivity (Wildman–Crippen MR) is 68.0 cm³/mol. The van der Waals surface area contributed by atoms with E-state index in [4.69, 9.17) is 17.3 Å². The maximum absolute atomic E-state index is 11.6. The summed E-state index contributed by atoms with van der Waals surface area (Å²) >= 11 is 5.54. The molecular formula is C9H13ClN4O3S. The van der Waals surface area contributed by atoms with Crippen molar-refractivity contribution in [2.75, 3.05) is 17.3 Å². The Kier molecular flexibility index (Phi) is 5.00. The number of aromatic nitrogens is 2. The standard InChI is InChI=1S/C9H13ClN4O3S/c1-18(16,17)5-3-6(11)8(15)13-7-2-4-12-9(10)14-7/h2,4,6H,3,5,11H2,1H3,(H,12,13,14,15). The number of rotatable bonds is 5. The van der Waals surface area contributed by atoms with Gasteiger partial charge in [-0.25, -0.2) is 18.4 Å². The number of hydrogen-bond acceptors (Lipinski definition) is 6. The molecule has 18 heavy (non-hydrogen) atoms. The number of carbonyl (C=O) groups is 1. The molecule has 1 atom stereocenters. The molecule has 0 bridgehead atoms. The second kappa shape index (κ2) is 6.07. The highest BCUT2D eigenvalue weighted by Gasteiger charge is 2.16. The van der Waals surface area contributed by atoms with Crippen LogP contribution in [0.1, 0.15) is 6.42 Å². The van der Waals surface area contributed by atoms with Crippen LogP contribution in [0.2, 0.25) is 5.28 Å². The number of amides is 1. The highest BCUT2D eigenvalue weighted by Crippen LogP contribution is 2.06. The number of nitrogens with two attached hydrogens (primary N) is 1. The molecule has 1 heterocycles. The average Bonchev–Trinajstić information content (AvgIpc) is 2.24. The predicted octanol–water partition coefficient (Wildman–Crippen LogP) is -0.169. The maximum atomic E-state index is 11.6. The van der Waals surface area contributed by atoms with Crippen molar-refractivity contribution in [3.63, 3.8) is 0 Å². The van der Waals surface area contributed by atoms with Gasteiger partial charge in [-0.05, 0) is 24.1 Å². The molecule has 0 spiro atoms. The summed E-state index contributed by atoms with van der Waals surface area (Å²) in [5.74, 6) is -0.449. The number of halogens is 1. The molecular weight excluding hydrogens is 280 g/mol. The molecule has 1 rings (SSSR count). The molecule has 0 aliphatic heterocycles. The Morgan fingerprint density at radius 3 is 2.83 bits per heavy atom. The molecule has 7 nitrogen and oxygen atoms in total. The summed E-state index contributed by atoms with van der Waals surface area (Å²) in [7, 11) is -3.14. The van der Waals surface area contributed by atoms with Gasteiger partial charge >= 0.3 is 0 Å². The molecule has 0 saturated carbocycles. The van der Waals surface area contributed by atoms with E-state index in [0.717, 1.165) is 6.26 Å². The number of anilines is 1. The molecule has 1 aromatic rings. The van der Waals surface area contributed by atoms with Crippen LogP contribution < -0.4 is 11.1 Å². The Hall–Kier alpha value is -1.25. The Morgan fingerprint density at radius 2 is 2.28 bits per heavy atom. The van der Waals surface area contributed by atoms with Crippen LogP contribution in [0, 0.1) is 0 Å². The molecule has 0 aliphatic carbocycles. The maximum Gasteiger partial charge on any atom is 0.242 e. The van der Waals surface area contributed by atoms with Crippen LogP contribution in [0.4, 0.5) is 5.82 Å². The number of nitrogens with one attached hydrogen (secondary N) is 1. The third kappa shape index (κ3) is 5.39. The van der Waals surface area contributed by atoms with E-state index >= 15 is 0 Å². The minimum absolute atomic E-state index is 0.00231. The van der Waals surface area contributed by atoms with E-state index in [1.54, 1.807) is 0 Å². The fraction of sp³-hybridized carbons (Fsp3) is 0.444. The molecule has 0 aliphatic rings. The zero-order chi connectivity index (χ0) is 13.8. The number of carbonyl (C=O) groups excluding carboxylic acids is 1. The first-order chi connectivity index (χ1) is 8.28. The van der Waals surface area contributed by atoms with Gasteiger partial charge in [0.2, 0.25) is 11.2 Å². The molecule has 0 radical (unpaired) electrons. The molecule has 0 fully saturated rings. The molecule has 0 aromatic carbocycles. The van der Waals surface area contributed by atoms with E-state index in [2.05, 4.69) is 15.3 Å². The van der Waals surface area contributed by atoms with Gasteiger partial charge in [0.1, 0.15) is 15.7 Å². The lowest BCUT2D eigenvalue weighted by Gasteiger charge is -2.10. The summed E-state index contributed by atoms with van der Waals surface area (Å²) in [6, 6.07) is 0.529. The summed E-state index contributed by atoms with van der Waals surface area (Å²) in [5.41, 5.74) is 5.56. The molecule has 0 saturated heterocycles. The van der Waals surface area contributed by atoms with E-state index in [9.17, 15) is 13.2 Å². The van der Waals surface area contributed by atoms with Crippen molar-refractivity contribution in [3.05, 3.63) is 17.5 Å². The van der Waals surface area contributed by atoms with Crippen molar-refractivity contribution in [2.24, 2.45) is 5.73 Å². The molecule has 3 N–H and O–H groups in total. The van der Waals surface area contributed by atoms with E-state index in [0.29, 0.717) is 0 Å². The number of nitrogens with zero attached hydrogens (tertiary/aromatic N) is 2. The van der Waals surface area contributed by atoms with E-state index in [1.165, 1.54) is 12.3 Å².